The minimum atomic E-state index is 0.961. The number of fused-ring (bicyclic) bond motifs is 2. The molecule has 0 spiro atoms. The van der Waals surface area contributed by atoms with E-state index >= 15 is 0 Å². The van der Waals surface area contributed by atoms with E-state index in [0.717, 1.165) is 24.3 Å². The molecule has 1 aliphatic heterocycles. The lowest BCUT2D eigenvalue weighted by Crippen LogP contribution is -2.11. The highest BCUT2D eigenvalue weighted by Gasteiger charge is 2.12. The van der Waals surface area contributed by atoms with Crippen LogP contribution >= 0.6 is 0 Å². The van der Waals surface area contributed by atoms with Crippen LogP contribution < -0.4 is 5.32 Å². The average Bonchev–Trinajstić information content (AvgIpc) is 2.92. The molecule has 2 heterocycles. The van der Waals surface area contributed by atoms with Crippen LogP contribution in [0.4, 0.5) is 5.69 Å². The van der Waals surface area contributed by atoms with Crippen molar-refractivity contribution in [3.05, 3.63) is 53.6 Å². The van der Waals surface area contributed by atoms with Gasteiger partial charge in [-0.15, -0.1) is 0 Å². The van der Waals surface area contributed by atoms with Crippen LogP contribution in [0.2, 0.25) is 0 Å². The van der Waals surface area contributed by atoms with Crippen LogP contribution in [0.1, 0.15) is 17.5 Å². The van der Waals surface area contributed by atoms with E-state index < -0.39 is 0 Å². The van der Waals surface area contributed by atoms with Gasteiger partial charge in [-0.1, -0.05) is 18.2 Å². The quantitative estimate of drug-likeness (QED) is 0.684. The lowest BCUT2D eigenvalue weighted by atomic mass is 10.00. The Balaban J connectivity index is 1.84. The van der Waals surface area contributed by atoms with Crippen LogP contribution in [0.5, 0.6) is 0 Å². The molecule has 1 aromatic heterocycles. The van der Waals surface area contributed by atoms with Gasteiger partial charge >= 0.3 is 0 Å². The van der Waals surface area contributed by atoms with Crippen LogP contribution in [0.3, 0.4) is 0 Å². The van der Waals surface area contributed by atoms with Gasteiger partial charge in [0.15, 0.2) is 0 Å². The molecule has 100 valence electrons. The molecule has 0 fully saturated rings. The van der Waals surface area contributed by atoms with E-state index in [1.165, 1.54) is 34.2 Å². The Labute approximate surface area is 118 Å². The summed E-state index contributed by atoms with van der Waals surface area (Å²) in [7, 11) is 0. The molecule has 20 heavy (non-hydrogen) atoms. The molecule has 0 amide bonds. The van der Waals surface area contributed by atoms with Crippen LogP contribution in [-0.4, -0.2) is 6.54 Å². The van der Waals surface area contributed by atoms with Crippen molar-refractivity contribution in [1.29, 1.82) is 0 Å². The van der Waals surface area contributed by atoms with Gasteiger partial charge in [0.25, 0.3) is 0 Å². The van der Waals surface area contributed by atoms with Crippen molar-refractivity contribution in [2.45, 2.75) is 19.8 Å². The summed E-state index contributed by atoms with van der Waals surface area (Å²) in [5.74, 6) is 0.961. The van der Waals surface area contributed by atoms with Crippen molar-refractivity contribution >= 4 is 16.7 Å². The molecule has 0 aliphatic carbocycles. The van der Waals surface area contributed by atoms with E-state index in [1.807, 2.05) is 0 Å². The highest BCUT2D eigenvalue weighted by atomic mass is 16.3. The summed E-state index contributed by atoms with van der Waals surface area (Å²) in [6, 6.07) is 15.0. The van der Waals surface area contributed by atoms with Crippen LogP contribution in [0.25, 0.3) is 22.3 Å². The van der Waals surface area contributed by atoms with Gasteiger partial charge < -0.3 is 9.73 Å². The van der Waals surface area contributed by atoms with Crippen molar-refractivity contribution in [3.8, 4) is 11.3 Å². The van der Waals surface area contributed by atoms with Gasteiger partial charge in [0, 0.05) is 23.2 Å². The fourth-order valence-corrected chi connectivity index (χ4v) is 2.98. The number of nitrogens with one attached hydrogen (secondary N) is 1. The summed E-state index contributed by atoms with van der Waals surface area (Å²) in [6.07, 6.45) is 2.35. The molecule has 0 bridgehead atoms. The third kappa shape index (κ3) is 1.80. The normalized spacial score (nSPS) is 14.1. The number of aryl methyl sites for hydroxylation is 2. The zero-order chi connectivity index (χ0) is 13.5. The van der Waals surface area contributed by atoms with Gasteiger partial charge in [-0.25, -0.2) is 0 Å². The first-order valence-electron chi connectivity index (χ1n) is 7.17. The summed E-state index contributed by atoms with van der Waals surface area (Å²) < 4.78 is 6.06. The highest BCUT2D eigenvalue weighted by molar-refractivity contribution is 5.85. The second-order valence-electron chi connectivity index (χ2n) is 5.51. The predicted molar refractivity (Wildman–Crippen MR) is 83.2 cm³/mol. The average molecular weight is 263 g/mol. The molecule has 1 aliphatic rings. The molecule has 0 radical (unpaired) electrons. The lowest BCUT2D eigenvalue weighted by Gasteiger charge is -2.18. The SMILES string of the molecule is Cc1cccc2cc(-c3ccc4c(c3)CCCN4)oc12. The van der Waals surface area contributed by atoms with E-state index in [4.69, 9.17) is 4.42 Å². The molecular weight excluding hydrogens is 246 g/mol. The first kappa shape index (κ1) is 11.6. The molecule has 4 rings (SSSR count). The third-order valence-electron chi connectivity index (χ3n) is 4.07. The molecule has 0 saturated carbocycles. The van der Waals surface area contributed by atoms with Gasteiger partial charge in [-0.2, -0.15) is 0 Å². The Morgan fingerprint density at radius 3 is 2.95 bits per heavy atom. The number of anilines is 1. The van der Waals surface area contributed by atoms with Gasteiger partial charge in [-0.3, -0.25) is 0 Å². The smallest absolute Gasteiger partial charge is 0.137 e. The number of benzene rings is 2. The number of para-hydroxylation sites is 1. The minimum Gasteiger partial charge on any atom is -0.456 e. The Bertz CT molecular complexity index is 785. The maximum atomic E-state index is 6.06. The Hall–Kier alpha value is -2.22. The minimum absolute atomic E-state index is 0.961. The summed E-state index contributed by atoms with van der Waals surface area (Å²) in [5.41, 5.74) is 6.02. The van der Waals surface area contributed by atoms with Crippen LogP contribution in [0.15, 0.2) is 46.9 Å². The maximum Gasteiger partial charge on any atom is 0.137 e. The molecule has 2 aromatic carbocycles. The van der Waals surface area contributed by atoms with E-state index in [9.17, 15) is 0 Å². The third-order valence-corrected chi connectivity index (χ3v) is 4.07. The van der Waals surface area contributed by atoms with Crippen molar-refractivity contribution in [2.75, 3.05) is 11.9 Å². The van der Waals surface area contributed by atoms with Crippen LogP contribution in [-0.2, 0) is 6.42 Å². The van der Waals surface area contributed by atoms with E-state index in [2.05, 4.69) is 54.7 Å². The predicted octanol–water partition coefficient (Wildman–Crippen LogP) is 4.77. The molecule has 3 aromatic rings. The van der Waals surface area contributed by atoms with Gasteiger partial charge in [0.1, 0.15) is 11.3 Å². The molecule has 0 atom stereocenters. The number of rotatable bonds is 1. The Morgan fingerprint density at radius 2 is 2.05 bits per heavy atom. The molecule has 1 N–H and O–H groups in total. The van der Waals surface area contributed by atoms with Crippen molar-refractivity contribution < 1.29 is 4.42 Å². The zero-order valence-electron chi connectivity index (χ0n) is 11.6. The van der Waals surface area contributed by atoms with E-state index in [0.29, 0.717) is 0 Å². The Morgan fingerprint density at radius 1 is 1.10 bits per heavy atom. The van der Waals surface area contributed by atoms with E-state index in [1.54, 1.807) is 0 Å². The van der Waals surface area contributed by atoms with Gasteiger partial charge in [-0.05, 0) is 55.2 Å². The summed E-state index contributed by atoms with van der Waals surface area (Å²) in [5, 5.41) is 4.62. The van der Waals surface area contributed by atoms with E-state index in [-0.39, 0.29) is 0 Å². The van der Waals surface area contributed by atoms with Crippen LogP contribution in [0, 0.1) is 6.92 Å². The topological polar surface area (TPSA) is 25.2 Å². The molecular formula is C18H17NO. The van der Waals surface area contributed by atoms with Crippen molar-refractivity contribution in [3.63, 3.8) is 0 Å². The fraction of sp³-hybridized carbons (Fsp3) is 0.222. The number of hydrogen-bond donors (Lipinski definition) is 1. The lowest BCUT2D eigenvalue weighted by molar-refractivity contribution is 0.628. The van der Waals surface area contributed by atoms with Crippen molar-refractivity contribution in [1.82, 2.24) is 0 Å². The molecule has 2 nitrogen and oxygen atoms in total. The van der Waals surface area contributed by atoms with Crippen molar-refractivity contribution in [2.24, 2.45) is 0 Å². The summed E-state index contributed by atoms with van der Waals surface area (Å²) in [4.78, 5) is 0. The number of furan rings is 1. The summed E-state index contributed by atoms with van der Waals surface area (Å²) >= 11 is 0. The maximum absolute atomic E-state index is 6.06. The largest absolute Gasteiger partial charge is 0.456 e. The standard InChI is InChI=1S/C18H17NO/c1-12-4-2-5-15-11-17(20-18(12)15)14-7-8-16-13(10-14)6-3-9-19-16/h2,4-5,7-8,10-11,19H,3,6,9H2,1H3. The zero-order valence-corrected chi connectivity index (χ0v) is 11.6. The highest BCUT2D eigenvalue weighted by Crippen LogP contribution is 2.32. The summed E-state index contributed by atoms with van der Waals surface area (Å²) in [6.45, 7) is 3.17. The monoisotopic (exact) mass is 263 g/mol. The van der Waals surface area contributed by atoms with Gasteiger partial charge in [0.2, 0.25) is 0 Å². The first-order valence-corrected chi connectivity index (χ1v) is 7.17. The number of hydrogen-bond acceptors (Lipinski definition) is 2. The fourth-order valence-electron chi connectivity index (χ4n) is 2.98. The second-order valence-corrected chi connectivity index (χ2v) is 5.51. The van der Waals surface area contributed by atoms with Gasteiger partial charge in [0.05, 0.1) is 0 Å². The molecule has 2 heteroatoms. The molecule has 0 unspecified atom stereocenters. The second kappa shape index (κ2) is 4.41. The molecule has 0 saturated heterocycles. The Kier molecular flexibility index (Phi) is 2.56. The first-order chi connectivity index (χ1) is 9.81.